The minimum atomic E-state index is -4.63. The minimum absolute atomic E-state index is 0.0470. The van der Waals surface area contributed by atoms with Gasteiger partial charge in [0.15, 0.2) is 0 Å². The molecule has 1 N–H and O–H groups in total. The van der Waals surface area contributed by atoms with Crippen molar-refractivity contribution in [1.82, 2.24) is 15.3 Å². The van der Waals surface area contributed by atoms with Gasteiger partial charge in [-0.15, -0.1) is 0 Å². The van der Waals surface area contributed by atoms with Gasteiger partial charge in [-0.05, 0) is 31.0 Å². The van der Waals surface area contributed by atoms with Gasteiger partial charge < -0.3 is 5.32 Å². The van der Waals surface area contributed by atoms with Gasteiger partial charge in [0.1, 0.15) is 5.78 Å². The predicted molar refractivity (Wildman–Crippen MR) is 90.5 cm³/mol. The molecule has 2 heterocycles. The van der Waals surface area contributed by atoms with Crippen LogP contribution in [0.4, 0.5) is 13.2 Å². The number of benzene rings is 1. The van der Waals surface area contributed by atoms with Gasteiger partial charge in [-0.2, -0.15) is 13.2 Å². The third kappa shape index (κ3) is 2.88. The van der Waals surface area contributed by atoms with Crippen LogP contribution in [0, 0.1) is 17.8 Å². The number of carbonyl (C=O) groups is 1. The first kappa shape index (κ1) is 17.4. The van der Waals surface area contributed by atoms with Gasteiger partial charge in [-0.1, -0.05) is 32.0 Å². The van der Waals surface area contributed by atoms with Crippen LogP contribution in [0.1, 0.15) is 31.8 Å². The highest BCUT2D eigenvalue weighted by atomic mass is 19.4. The van der Waals surface area contributed by atoms with Crippen molar-refractivity contribution in [2.24, 2.45) is 17.8 Å². The molecule has 0 bridgehead atoms. The number of fused-ring (bicyclic) bond motifs is 2. The lowest BCUT2D eigenvalue weighted by molar-refractivity contribution is -0.144. The zero-order valence-electron chi connectivity index (χ0n) is 14.6. The molecule has 1 aromatic heterocycles. The van der Waals surface area contributed by atoms with Gasteiger partial charge in [-0.25, -0.2) is 9.97 Å². The second kappa shape index (κ2) is 5.74. The van der Waals surface area contributed by atoms with E-state index in [0.29, 0.717) is 17.2 Å². The Kier molecular flexibility index (Phi) is 3.84. The Hall–Kier alpha value is -2.02. The molecule has 1 aliphatic heterocycles. The maximum atomic E-state index is 13.2. The van der Waals surface area contributed by atoms with Gasteiger partial charge in [0.25, 0.3) is 0 Å². The fourth-order valence-electron chi connectivity index (χ4n) is 4.25. The molecular formula is C19H20F3N3O. The molecule has 0 amide bonds. The average molecular weight is 363 g/mol. The number of alkyl halides is 3. The summed E-state index contributed by atoms with van der Waals surface area (Å²) in [6.45, 7) is 5.29. The summed E-state index contributed by atoms with van der Waals surface area (Å²) in [7, 11) is 0. The summed E-state index contributed by atoms with van der Waals surface area (Å²) in [6.07, 6.45) is -4.44. The number of piperidine rings is 1. The predicted octanol–water partition coefficient (Wildman–Crippen LogP) is 3.35. The molecular weight excluding hydrogens is 343 g/mol. The van der Waals surface area contributed by atoms with E-state index in [9.17, 15) is 18.0 Å². The Balaban J connectivity index is 1.70. The van der Waals surface area contributed by atoms with Crippen LogP contribution >= 0.6 is 0 Å². The lowest BCUT2D eigenvalue weighted by Gasteiger charge is -2.26. The van der Waals surface area contributed by atoms with E-state index in [1.54, 1.807) is 38.1 Å². The SMILES string of the molecule is CC(C)(CC(=O)C1[C@H]2CNC[C@@H]12)c1nc(C(F)(F)F)nc2ccccc12. The van der Waals surface area contributed by atoms with Crippen LogP contribution in [0.2, 0.25) is 0 Å². The summed E-state index contributed by atoms with van der Waals surface area (Å²) in [5, 5.41) is 3.82. The fraction of sp³-hybridized carbons (Fsp3) is 0.526. The number of carbonyl (C=O) groups excluding carboxylic acids is 1. The molecule has 4 nitrogen and oxygen atoms in total. The fourth-order valence-corrected chi connectivity index (χ4v) is 4.25. The topological polar surface area (TPSA) is 54.9 Å². The number of nitrogens with zero attached hydrogens (tertiary/aromatic N) is 2. The summed E-state index contributed by atoms with van der Waals surface area (Å²) in [4.78, 5) is 20.2. The van der Waals surface area contributed by atoms with Crippen molar-refractivity contribution < 1.29 is 18.0 Å². The summed E-state index contributed by atoms with van der Waals surface area (Å²) in [5.41, 5.74) is -0.269. The zero-order valence-corrected chi connectivity index (χ0v) is 14.6. The second-order valence-corrected chi connectivity index (χ2v) is 7.95. The molecule has 1 aliphatic carbocycles. The molecule has 0 spiro atoms. The van der Waals surface area contributed by atoms with E-state index in [2.05, 4.69) is 15.3 Å². The molecule has 4 rings (SSSR count). The molecule has 7 heteroatoms. The van der Waals surface area contributed by atoms with Gasteiger partial charge in [0.2, 0.25) is 5.82 Å². The molecule has 138 valence electrons. The monoisotopic (exact) mass is 363 g/mol. The minimum Gasteiger partial charge on any atom is -0.316 e. The average Bonchev–Trinajstić information content (AvgIpc) is 3.06. The zero-order chi connectivity index (χ0) is 18.7. The van der Waals surface area contributed by atoms with Gasteiger partial charge in [0, 0.05) is 23.1 Å². The molecule has 2 fully saturated rings. The highest BCUT2D eigenvalue weighted by Crippen LogP contribution is 2.50. The van der Waals surface area contributed by atoms with Gasteiger partial charge in [-0.3, -0.25) is 4.79 Å². The summed E-state index contributed by atoms with van der Waals surface area (Å²) < 4.78 is 39.7. The molecule has 26 heavy (non-hydrogen) atoms. The van der Waals surface area contributed by atoms with E-state index in [-0.39, 0.29) is 29.3 Å². The molecule has 1 saturated carbocycles. The van der Waals surface area contributed by atoms with Crippen LogP contribution < -0.4 is 5.32 Å². The number of halogens is 3. The smallest absolute Gasteiger partial charge is 0.316 e. The number of hydrogen-bond donors (Lipinski definition) is 1. The number of rotatable bonds is 4. The van der Waals surface area contributed by atoms with E-state index in [1.807, 2.05) is 0 Å². The highest BCUT2D eigenvalue weighted by molar-refractivity contribution is 5.88. The number of nitrogens with one attached hydrogen (secondary N) is 1. The summed E-state index contributed by atoms with van der Waals surface area (Å²) >= 11 is 0. The second-order valence-electron chi connectivity index (χ2n) is 7.95. The van der Waals surface area contributed by atoms with E-state index >= 15 is 0 Å². The van der Waals surface area contributed by atoms with Crippen LogP contribution in [0.5, 0.6) is 0 Å². The molecule has 1 saturated heterocycles. The first-order valence-corrected chi connectivity index (χ1v) is 8.76. The number of para-hydroxylation sites is 1. The standard InChI is InChI=1S/C19H20F3N3O/c1-18(2,7-14(26)15-11-8-23-9-12(11)15)16-10-5-3-4-6-13(10)24-17(25-16)19(20,21)22/h3-6,11-12,15,23H,7-9H2,1-2H3/t11-,12+,15?. The Labute approximate surface area is 149 Å². The molecule has 0 radical (unpaired) electrons. The first-order valence-electron chi connectivity index (χ1n) is 8.76. The van der Waals surface area contributed by atoms with Gasteiger partial charge in [0.05, 0.1) is 11.2 Å². The quantitative estimate of drug-likeness (QED) is 0.905. The van der Waals surface area contributed by atoms with Crippen molar-refractivity contribution in [3.63, 3.8) is 0 Å². The Morgan fingerprint density at radius 2 is 1.81 bits per heavy atom. The summed E-state index contributed by atoms with van der Waals surface area (Å²) in [6, 6.07) is 6.66. The number of aromatic nitrogens is 2. The van der Waals surface area contributed by atoms with Crippen molar-refractivity contribution in [2.75, 3.05) is 13.1 Å². The molecule has 2 aliphatic rings. The Morgan fingerprint density at radius 3 is 2.46 bits per heavy atom. The number of Topliss-reactive ketones (excluding diaryl/α,β-unsaturated/α-hetero) is 1. The normalized spacial score (nSPS) is 25.3. The van der Waals surface area contributed by atoms with Crippen LogP contribution in [-0.2, 0) is 16.4 Å². The number of hydrogen-bond acceptors (Lipinski definition) is 4. The first-order chi connectivity index (χ1) is 12.2. The Morgan fingerprint density at radius 1 is 1.15 bits per heavy atom. The number of ketones is 1. The maximum absolute atomic E-state index is 13.2. The largest absolute Gasteiger partial charge is 0.451 e. The lowest BCUT2D eigenvalue weighted by atomic mass is 9.80. The highest BCUT2D eigenvalue weighted by Gasteiger charge is 2.57. The summed E-state index contributed by atoms with van der Waals surface area (Å²) in [5.74, 6) is -0.190. The van der Waals surface area contributed by atoms with E-state index < -0.39 is 17.4 Å². The maximum Gasteiger partial charge on any atom is 0.451 e. The third-order valence-electron chi connectivity index (χ3n) is 5.58. The van der Waals surface area contributed by atoms with Crippen LogP contribution in [0.3, 0.4) is 0 Å². The molecule has 1 aromatic carbocycles. The van der Waals surface area contributed by atoms with Crippen molar-refractivity contribution >= 4 is 16.7 Å². The van der Waals surface area contributed by atoms with Crippen molar-refractivity contribution in [1.29, 1.82) is 0 Å². The van der Waals surface area contributed by atoms with E-state index in [0.717, 1.165) is 13.1 Å². The van der Waals surface area contributed by atoms with E-state index in [4.69, 9.17) is 0 Å². The Bertz CT molecular complexity index is 868. The van der Waals surface area contributed by atoms with Gasteiger partial charge >= 0.3 is 6.18 Å². The molecule has 3 atom stereocenters. The van der Waals surface area contributed by atoms with Crippen LogP contribution in [0.25, 0.3) is 10.9 Å². The van der Waals surface area contributed by atoms with Crippen molar-refractivity contribution in [3.8, 4) is 0 Å². The van der Waals surface area contributed by atoms with Crippen molar-refractivity contribution in [3.05, 3.63) is 35.8 Å². The van der Waals surface area contributed by atoms with Crippen LogP contribution in [-0.4, -0.2) is 28.8 Å². The van der Waals surface area contributed by atoms with Crippen molar-refractivity contribution in [2.45, 2.75) is 31.9 Å². The lowest BCUT2D eigenvalue weighted by Crippen LogP contribution is -2.28. The third-order valence-corrected chi connectivity index (χ3v) is 5.58. The van der Waals surface area contributed by atoms with Crippen LogP contribution in [0.15, 0.2) is 24.3 Å². The van der Waals surface area contributed by atoms with E-state index in [1.165, 1.54) is 0 Å². The molecule has 1 unspecified atom stereocenters. The molecule has 2 aromatic rings.